The molecule has 3 nitrogen and oxygen atoms in total. The van der Waals surface area contributed by atoms with Crippen molar-refractivity contribution in [3.8, 4) is 0 Å². The van der Waals surface area contributed by atoms with Crippen LogP contribution in [0.25, 0.3) is 0 Å². The molecule has 0 amide bonds. The quantitative estimate of drug-likeness (QED) is 0.424. The van der Waals surface area contributed by atoms with Gasteiger partial charge in [-0.1, -0.05) is 0 Å². The lowest BCUT2D eigenvalue weighted by molar-refractivity contribution is -0.384. The average molecular weight is 206 g/mol. The summed E-state index contributed by atoms with van der Waals surface area (Å²) in [6, 6.07) is 5.80. The van der Waals surface area contributed by atoms with Gasteiger partial charge in [-0.05, 0) is 17.7 Å². The molecule has 0 radical (unpaired) electrons. The van der Waals surface area contributed by atoms with Crippen molar-refractivity contribution in [2.45, 2.75) is 4.84 Å². The lowest BCUT2D eigenvalue weighted by Crippen LogP contribution is -1.88. The molecule has 0 atom stereocenters. The fourth-order valence-corrected chi connectivity index (χ4v) is 1.03. The van der Waals surface area contributed by atoms with Crippen molar-refractivity contribution >= 4 is 28.9 Å². The van der Waals surface area contributed by atoms with E-state index in [0.717, 1.165) is 0 Å². The molecule has 0 bridgehead atoms. The number of benzene rings is 1. The van der Waals surface area contributed by atoms with E-state index < -0.39 is 9.76 Å². The third-order valence-electron chi connectivity index (χ3n) is 1.36. The highest BCUT2D eigenvalue weighted by atomic mass is 35.5. The minimum Gasteiger partial charge on any atom is -0.258 e. The number of hydrogen-bond donors (Lipinski definition) is 0. The monoisotopic (exact) mass is 205 g/mol. The Morgan fingerprint density at radius 1 is 1.25 bits per heavy atom. The maximum Gasteiger partial charge on any atom is 0.269 e. The molecule has 1 rings (SSSR count). The lowest BCUT2D eigenvalue weighted by Gasteiger charge is -1.98. The van der Waals surface area contributed by atoms with E-state index in [1.54, 1.807) is 0 Å². The Morgan fingerprint density at radius 2 is 1.75 bits per heavy atom. The molecule has 0 aliphatic heterocycles. The highest BCUT2D eigenvalue weighted by Gasteiger charge is 2.07. The average Bonchev–Trinajstić information content (AvgIpc) is 2.04. The van der Waals surface area contributed by atoms with E-state index >= 15 is 0 Å². The Hall–Kier alpha value is -0.800. The summed E-state index contributed by atoms with van der Waals surface area (Å²) in [5.41, 5.74) is 0.691. The second kappa shape index (κ2) is 3.74. The number of halogens is 2. The van der Waals surface area contributed by atoms with E-state index in [4.69, 9.17) is 23.2 Å². The van der Waals surface area contributed by atoms with Gasteiger partial charge in [-0.2, -0.15) is 0 Å². The first-order chi connectivity index (χ1) is 5.61. The van der Waals surface area contributed by atoms with Gasteiger partial charge in [-0.3, -0.25) is 10.1 Å². The fourth-order valence-electron chi connectivity index (χ4n) is 0.742. The van der Waals surface area contributed by atoms with Crippen LogP contribution in [0.15, 0.2) is 24.3 Å². The number of nitro groups is 1. The molecule has 0 unspecified atom stereocenters. The van der Waals surface area contributed by atoms with Gasteiger partial charge in [0, 0.05) is 12.1 Å². The van der Waals surface area contributed by atoms with E-state index in [1.165, 1.54) is 24.3 Å². The molecule has 0 fully saturated rings. The van der Waals surface area contributed by atoms with E-state index in [2.05, 4.69) is 0 Å². The minimum atomic E-state index is -0.634. The number of alkyl halides is 2. The smallest absolute Gasteiger partial charge is 0.258 e. The number of nitro benzene ring substituents is 1. The number of hydrogen-bond acceptors (Lipinski definition) is 2. The highest BCUT2D eigenvalue weighted by Crippen LogP contribution is 2.25. The van der Waals surface area contributed by atoms with Crippen LogP contribution in [0.5, 0.6) is 0 Å². The zero-order valence-electron chi connectivity index (χ0n) is 5.91. The number of rotatable bonds is 2. The Morgan fingerprint density at radius 3 is 2.08 bits per heavy atom. The fraction of sp³-hybridized carbons (Fsp3) is 0.143. The van der Waals surface area contributed by atoms with E-state index in [1.807, 2.05) is 0 Å². The Labute approximate surface area is 79.1 Å². The second-order valence-electron chi connectivity index (χ2n) is 2.15. The van der Waals surface area contributed by atoms with Crippen LogP contribution in [0.1, 0.15) is 10.4 Å². The normalized spacial score (nSPS) is 10.2. The molecule has 0 spiro atoms. The van der Waals surface area contributed by atoms with Crippen molar-refractivity contribution in [2.75, 3.05) is 0 Å². The lowest BCUT2D eigenvalue weighted by atomic mass is 10.2. The number of non-ortho nitro benzene ring substituents is 1. The zero-order valence-corrected chi connectivity index (χ0v) is 7.42. The standard InChI is InChI=1S/C7H5Cl2NO2/c8-7(9)5-1-3-6(4-2-5)10(11)12/h1-4,7H. The topological polar surface area (TPSA) is 43.1 Å². The van der Waals surface area contributed by atoms with Crippen LogP contribution in [-0.2, 0) is 0 Å². The summed E-state index contributed by atoms with van der Waals surface area (Å²) in [6.07, 6.45) is 0. The zero-order chi connectivity index (χ0) is 9.14. The van der Waals surface area contributed by atoms with Crippen LogP contribution in [0.2, 0.25) is 0 Å². The third-order valence-corrected chi connectivity index (χ3v) is 1.86. The van der Waals surface area contributed by atoms with Gasteiger partial charge in [-0.25, -0.2) is 0 Å². The van der Waals surface area contributed by atoms with Crippen LogP contribution < -0.4 is 0 Å². The van der Waals surface area contributed by atoms with Gasteiger partial charge in [0.1, 0.15) is 4.84 Å². The van der Waals surface area contributed by atoms with Crippen LogP contribution in [0.4, 0.5) is 5.69 Å². The summed E-state index contributed by atoms with van der Waals surface area (Å²) in [7, 11) is 0. The van der Waals surface area contributed by atoms with Crippen LogP contribution in [-0.4, -0.2) is 4.92 Å². The molecule has 0 N–H and O–H groups in total. The first-order valence-electron chi connectivity index (χ1n) is 3.14. The molecule has 12 heavy (non-hydrogen) atoms. The molecule has 0 saturated carbocycles. The van der Waals surface area contributed by atoms with Gasteiger partial charge < -0.3 is 0 Å². The maximum absolute atomic E-state index is 10.2. The molecule has 5 heteroatoms. The minimum absolute atomic E-state index is 0.0349. The summed E-state index contributed by atoms with van der Waals surface area (Å²) in [6.45, 7) is 0. The van der Waals surface area contributed by atoms with Gasteiger partial charge in [0.2, 0.25) is 0 Å². The van der Waals surface area contributed by atoms with E-state index in [-0.39, 0.29) is 5.69 Å². The first-order valence-corrected chi connectivity index (χ1v) is 4.01. The van der Waals surface area contributed by atoms with Crippen LogP contribution >= 0.6 is 23.2 Å². The van der Waals surface area contributed by atoms with Gasteiger partial charge in [0.05, 0.1) is 4.92 Å². The molecule has 0 saturated heterocycles. The summed E-state index contributed by atoms with van der Waals surface area (Å²) in [5.74, 6) is 0. The molecule has 1 aromatic rings. The SMILES string of the molecule is O=[N+]([O-])c1ccc(C(Cl)Cl)cc1. The highest BCUT2D eigenvalue weighted by molar-refractivity contribution is 6.44. The summed E-state index contributed by atoms with van der Waals surface area (Å²) in [4.78, 5) is 9.12. The molecule has 1 aromatic carbocycles. The molecule has 0 aromatic heterocycles. The largest absolute Gasteiger partial charge is 0.269 e. The van der Waals surface area contributed by atoms with Gasteiger partial charge in [0.25, 0.3) is 5.69 Å². The van der Waals surface area contributed by atoms with Crippen molar-refractivity contribution in [1.29, 1.82) is 0 Å². The van der Waals surface area contributed by atoms with Crippen molar-refractivity contribution in [1.82, 2.24) is 0 Å². The summed E-state index contributed by atoms with van der Waals surface area (Å²) >= 11 is 11.1. The van der Waals surface area contributed by atoms with Crippen molar-refractivity contribution in [2.24, 2.45) is 0 Å². The number of nitrogens with zero attached hydrogens (tertiary/aromatic N) is 1. The van der Waals surface area contributed by atoms with Crippen LogP contribution in [0.3, 0.4) is 0 Å². The Kier molecular flexibility index (Phi) is 2.89. The van der Waals surface area contributed by atoms with Crippen molar-refractivity contribution in [3.05, 3.63) is 39.9 Å². The van der Waals surface area contributed by atoms with Crippen molar-refractivity contribution < 1.29 is 4.92 Å². The van der Waals surface area contributed by atoms with Gasteiger partial charge in [0.15, 0.2) is 0 Å². The van der Waals surface area contributed by atoms with Crippen LogP contribution in [0, 0.1) is 10.1 Å². The van der Waals surface area contributed by atoms with Gasteiger partial charge in [-0.15, -0.1) is 23.2 Å². The van der Waals surface area contributed by atoms with Gasteiger partial charge >= 0.3 is 0 Å². The van der Waals surface area contributed by atoms with E-state index in [9.17, 15) is 10.1 Å². The predicted molar refractivity (Wildman–Crippen MR) is 47.5 cm³/mol. The molecule has 0 aliphatic carbocycles. The molecular formula is C7H5Cl2NO2. The second-order valence-corrected chi connectivity index (χ2v) is 3.25. The molecule has 64 valence electrons. The Bertz CT molecular complexity index is 284. The summed E-state index contributed by atoms with van der Waals surface area (Å²) in [5, 5.41) is 10.2. The van der Waals surface area contributed by atoms with Crippen molar-refractivity contribution in [3.63, 3.8) is 0 Å². The molecular weight excluding hydrogens is 201 g/mol. The van der Waals surface area contributed by atoms with E-state index in [0.29, 0.717) is 5.56 Å². The Balaban J connectivity index is 2.93. The maximum atomic E-state index is 10.2. The predicted octanol–water partition coefficient (Wildman–Crippen LogP) is 3.07. The molecule has 0 heterocycles. The first kappa shape index (κ1) is 9.29. The molecule has 0 aliphatic rings. The third kappa shape index (κ3) is 2.09. The summed E-state index contributed by atoms with van der Waals surface area (Å²) < 4.78 is 0.